The average molecular weight is 264 g/mol. The van der Waals surface area contributed by atoms with Crippen LogP contribution in [0, 0.1) is 5.92 Å². The largest absolute Gasteiger partial charge is 0.368 e. The van der Waals surface area contributed by atoms with Crippen LogP contribution in [0.15, 0.2) is 0 Å². The van der Waals surface area contributed by atoms with Crippen molar-refractivity contribution in [2.24, 2.45) is 5.92 Å². The van der Waals surface area contributed by atoms with Gasteiger partial charge in [-0.05, 0) is 38.8 Å². The Balaban J connectivity index is 2.16. The molecule has 0 amide bonds. The number of likely N-dealkylation sites (tertiary alicyclic amines) is 1. The second kappa shape index (κ2) is 5.69. The molecule has 6 heteroatoms. The third kappa shape index (κ3) is 3.32. The number of piperidine rings is 1. The molecule has 0 unspecified atom stereocenters. The molecule has 2 N–H and O–H groups in total. The van der Waals surface area contributed by atoms with Crippen molar-refractivity contribution in [1.82, 2.24) is 19.9 Å². The topological polar surface area (TPSA) is 71.2 Å². The van der Waals surface area contributed by atoms with Crippen molar-refractivity contribution in [3.05, 3.63) is 5.82 Å². The molecule has 1 fully saturated rings. The summed E-state index contributed by atoms with van der Waals surface area (Å²) in [5.41, 5.74) is 5.78. The van der Waals surface area contributed by atoms with Gasteiger partial charge in [-0.1, -0.05) is 6.92 Å². The Labute approximate surface area is 115 Å². The molecular formula is C13H24N6. The lowest BCUT2D eigenvalue weighted by molar-refractivity contribution is 0.142. The van der Waals surface area contributed by atoms with E-state index in [1.54, 1.807) is 0 Å². The molecule has 1 atom stereocenters. The molecule has 1 aliphatic heterocycles. The predicted octanol–water partition coefficient (Wildman–Crippen LogP) is 1.31. The van der Waals surface area contributed by atoms with Gasteiger partial charge in [0.05, 0.1) is 6.04 Å². The van der Waals surface area contributed by atoms with Gasteiger partial charge in [-0.2, -0.15) is 15.0 Å². The highest BCUT2D eigenvalue weighted by atomic mass is 15.3. The summed E-state index contributed by atoms with van der Waals surface area (Å²) in [6.07, 6.45) is 2.48. The van der Waals surface area contributed by atoms with Gasteiger partial charge in [0.25, 0.3) is 0 Å². The predicted molar refractivity (Wildman–Crippen MR) is 77.0 cm³/mol. The van der Waals surface area contributed by atoms with E-state index in [2.05, 4.69) is 33.7 Å². The summed E-state index contributed by atoms with van der Waals surface area (Å²) in [6, 6.07) is 0.191. The number of nitrogen functional groups attached to an aromatic ring is 1. The zero-order valence-corrected chi connectivity index (χ0v) is 12.3. The molecule has 1 aromatic heterocycles. The number of nitrogens with two attached hydrogens (primary N) is 1. The molecule has 0 aliphatic carbocycles. The third-order valence-corrected chi connectivity index (χ3v) is 3.80. The standard InChI is InChI=1S/C13H24N6/c1-9-5-7-19(8-6-9)10(2)11-15-12(14)17-13(16-11)18(3)4/h9-10H,5-8H2,1-4H3,(H2,14,15,16,17)/t10-/m0/s1. The third-order valence-electron chi connectivity index (χ3n) is 3.80. The number of aromatic nitrogens is 3. The van der Waals surface area contributed by atoms with E-state index < -0.39 is 0 Å². The van der Waals surface area contributed by atoms with Gasteiger partial charge in [-0.15, -0.1) is 0 Å². The zero-order chi connectivity index (χ0) is 14.0. The van der Waals surface area contributed by atoms with Crippen LogP contribution in [0.3, 0.4) is 0 Å². The van der Waals surface area contributed by atoms with Crippen LogP contribution in [0.1, 0.15) is 38.6 Å². The Morgan fingerprint density at radius 2 is 1.84 bits per heavy atom. The van der Waals surface area contributed by atoms with Gasteiger partial charge in [0, 0.05) is 14.1 Å². The lowest BCUT2D eigenvalue weighted by atomic mass is 9.98. The number of rotatable bonds is 3. The highest BCUT2D eigenvalue weighted by Gasteiger charge is 2.24. The Morgan fingerprint density at radius 1 is 1.21 bits per heavy atom. The highest BCUT2D eigenvalue weighted by Crippen LogP contribution is 2.25. The van der Waals surface area contributed by atoms with Crippen LogP contribution in [0.4, 0.5) is 11.9 Å². The van der Waals surface area contributed by atoms with Crippen molar-refractivity contribution in [2.75, 3.05) is 37.8 Å². The van der Waals surface area contributed by atoms with Crippen LogP contribution in [0.2, 0.25) is 0 Å². The molecule has 0 radical (unpaired) electrons. The Hall–Kier alpha value is -1.43. The summed E-state index contributed by atoms with van der Waals surface area (Å²) in [4.78, 5) is 17.2. The summed E-state index contributed by atoms with van der Waals surface area (Å²) in [6.45, 7) is 6.66. The maximum Gasteiger partial charge on any atom is 0.229 e. The quantitative estimate of drug-likeness (QED) is 0.887. The van der Waals surface area contributed by atoms with Gasteiger partial charge < -0.3 is 10.6 Å². The van der Waals surface area contributed by atoms with Gasteiger partial charge in [-0.25, -0.2) is 0 Å². The van der Waals surface area contributed by atoms with Gasteiger partial charge in [-0.3, -0.25) is 4.90 Å². The van der Waals surface area contributed by atoms with Crippen molar-refractivity contribution < 1.29 is 0 Å². The first kappa shape index (κ1) is 14.0. The molecule has 1 aromatic rings. The van der Waals surface area contributed by atoms with E-state index in [0.717, 1.165) is 24.8 Å². The SMILES string of the molecule is CC1CCN([C@@H](C)c2nc(N)nc(N(C)C)n2)CC1. The lowest BCUT2D eigenvalue weighted by Crippen LogP contribution is -2.36. The molecule has 0 spiro atoms. The molecular weight excluding hydrogens is 240 g/mol. The molecule has 106 valence electrons. The molecule has 1 aliphatic rings. The summed E-state index contributed by atoms with van der Waals surface area (Å²) in [5, 5.41) is 0. The van der Waals surface area contributed by atoms with Gasteiger partial charge in [0.15, 0.2) is 5.82 Å². The van der Waals surface area contributed by atoms with Crippen LogP contribution in [-0.2, 0) is 0 Å². The van der Waals surface area contributed by atoms with Crippen LogP contribution < -0.4 is 10.6 Å². The van der Waals surface area contributed by atoms with Gasteiger partial charge in [0.1, 0.15) is 0 Å². The first-order valence-corrected chi connectivity index (χ1v) is 6.90. The van der Waals surface area contributed by atoms with Crippen molar-refractivity contribution in [1.29, 1.82) is 0 Å². The van der Waals surface area contributed by atoms with E-state index in [9.17, 15) is 0 Å². The van der Waals surface area contributed by atoms with Crippen molar-refractivity contribution in [3.8, 4) is 0 Å². The summed E-state index contributed by atoms with van der Waals surface area (Å²) in [5.74, 6) is 2.51. The fourth-order valence-corrected chi connectivity index (χ4v) is 2.36. The molecule has 2 rings (SSSR count). The van der Waals surface area contributed by atoms with E-state index in [4.69, 9.17) is 5.73 Å². The molecule has 0 bridgehead atoms. The maximum atomic E-state index is 5.78. The van der Waals surface area contributed by atoms with E-state index in [1.807, 2.05) is 19.0 Å². The van der Waals surface area contributed by atoms with Crippen LogP contribution in [0.25, 0.3) is 0 Å². The van der Waals surface area contributed by atoms with Crippen LogP contribution >= 0.6 is 0 Å². The maximum absolute atomic E-state index is 5.78. The molecule has 2 heterocycles. The second-order valence-corrected chi connectivity index (χ2v) is 5.64. The Kier molecular flexibility index (Phi) is 4.19. The fourth-order valence-electron chi connectivity index (χ4n) is 2.36. The minimum Gasteiger partial charge on any atom is -0.368 e. The van der Waals surface area contributed by atoms with Crippen LogP contribution in [0.5, 0.6) is 0 Å². The molecule has 1 saturated heterocycles. The van der Waals surface area contributed by atoms with Crippen molar-refractivity contribution in [3.63, 3.8) is 0 Å². The van der Waals surface area contributed by atoms with Gasteiger partial charge in [0.2, 0.25) is 11.9 Å². The van der Waals surface area contributed by atoms with Crippen molar-refractivity contribution in [2.45, 2.75) is 32.7 Å². The van der Waals surface area contributed by atoms with E-state index >= 15 is 0 Å². The van der Waals surface area contributed by atoms with E-state index in [0.29, 0.717) is 11.9 Å². The fraction of sp³-hybridized carbons (Fsp3) is 0.769. The van der Waals surface area contributed by atoms with E-state index in [-0.39, 0.29) is 6.04 Å². The Bertz CT molecular complexity index is 425. The normalized spacial score (nSPS) is 19.4. The first-order valence-electron chi connectivity index (χ1n) is 6.90. The number of anilines is 2. The molecule has 6 nitrogen and oxygen atoms in total. The lowest BCUT2D eigenvalue weighted by Gasteiger charge is -2.34. The monoisotopic (exact) mass is 264 g/mol. The number of hydrogen-bond donors (Lipinski definition) is 1. The first-order chi connectivity index (χ1) is 8.97. The highest BCUT2D eigenvalue weighted by molar-refractivity contribution is 5.33. The summed E-state index contributed by atoms with van der Waals surface area (Å²) >= 11 is 0. The molecule has 0 aromatic carbocycles. The van der Waals surface area contributed by atoms with Crippen molar-refractivity contribution >= 4 is 11.9 Å². The average Bonchev–Trinajstić information content (AvgIpc) is 2.38. The molecule has 0 saturated carbocycles. The van der Waals surface area contributed by atoms with E-state index in [1.165, 1.54) is 12.8 Å². The zero-order valence-electron chi connectivity index (χ0n) is 12.3. The summed E-state index contributed by atoms with van der Waals surface area (Å²) < 4.78 is 0. The Morgan fingerprint density at radius 3 is 2.42 bits per heavy atom. The van der Waals surface area contributed by atoms with Crippen LogP contribution in [-0.4, -0.2) is 47.0 Å². The number of hydrogen-bond acceptors (Lipinski definition) is 6. The van der Waals surface area contributed by atoms with Gasteiger partial charge >= 0.3 is 0 Å². The summed E-state index contributed by atoms with van der Waals surface area (Å²) in [7, 11) is 3.82. The number of nitrogens with zero attached hydrogens (tertiary/aromatic N) is 5. The molecule has 19 heavy (non-hydrogen) atoms. The minimum atomic E-state index is 0.191. The second-order valence-electron chi connectivity index (χ2n) is 5.64. The minimum absolute atomic E-state index is 0.191. The smallest absolute Gasteiger partial charge is 0.229 e.